The zero-order chi connectivity index (χ0) is 25.8. The molecule has 0 spiro atoms. The minimum Gasteiger partial charge on any atom is -0.493 e. The molecule has 0 radical (unpaired) electrons. The van der Waals surface area contributed by atoms with Crippen LogP contribution in [0.15, 0.2) is 78.0 Å². The summed E-state index contributed by atoms with van der Waals surface area (Å²) in [6, 6.07) is 21.4. The summed E-state index contributed by atoms with van der Waals surface area (Å²) in [6.07, 6.45) is 4.21. The monoisotopic (exact) mass is 487 g/mol. The number of hydrogen-bond donors (Lipinski definition) is 0. The normalized spacial score (nSPS) is 11.4. The molecule has 3 rings (SSSR count). The van der Waals surface area contributed by atoms with E-state index in [1.54, 1.807) is 12.3 Å². The maximum atomic E-state index is 12.2. The molecule has 36 heavy (non-hydrogen) atoms. The third-order valence-corrected chi connectivity index (χ3v) is 5.61. The summed E-state index contributed by atoms with van der Waals surface area (Å²) in [5, 5.41) is 4.10. The number of allylic oxidation sites excluding steroid dienone is 1. The van der Waals surface area contributed by atoms with Gasteiger partial charge in [0, 0.05) is 6.42 Å². The summed E-state index contributed by atoms with van der Waals surface area (Å²) in [4.78, 5) is 17.6. The molecule has 6 nitrogen and oxygen atoms in total. The van der Waals surface area contributed by atoms with Crippen molar-refractivity contribution in [2.75, 3.05) is 20.3 Å². The van der Waals surface area contributed by atoms with E-state index in [4.69, 9.17) is 19.0 Å². The van der Waals surface area contributed by atoms with Gasteiger partial charge in [-0.3, -0.25) is 0 Å². The van der Waals surface area contributed by atoms with Crippen molar-refractivity contribution in [2.45, 2.75) is 33.8 Å². The highest BCUT2D eigenvalue weighted by atomic mass is 16.6. The maximum Gasteiger partial charge on any atom is 0.338 e. The number of carbonyl (C=O) groups excluding carboxylic acids is 1. The highest BCUT2D eigenvalue weighted by Gasteiger charge is 2.15. The van der Waals surface area contributed by atoms with Crippen LogP contribution >= 0.6 is 0 Å². The van der Waals surface area contributed by atoms with Gasteiger partial charge in [0.2, 0.25) is 0 Å². The first-order chi connectivity index (χ1) is 17.5. The van der Waals surface area contributed by atoms with E-state index in [9.17, 15) is 4.79 Å². The highest BCUT2D eigenvalue weighted by molar-refractivity contribution is 6.16. The van der Waals surface area contributed by atoms with Crippen LogP contribution in [-0.2, 0) is 21.0 Å². The summed E-state index contributed by atoms with van der Waals surface area (Å²) in [6.45, 7) is 7.19. The molecule has 6 heteroatoms. The first-order valence-electron chi connectivity index (χ1n) is 11.9. The molecule has 3 aromatic carbocycles. The molecule has 0 heterocycles. The number of oxime groups is 1. The van der Waals surface area contributed by atoms with Crippen LogP contribution < -0.4 is 9.47 Å². The van der Waals surface area contributed by atoms with E-state index in [1.165, 1.54) is 7.11 Å². The van der Waals surface area contributed by atoms with Gasteiger partial charge in [-0.05, 0) is 72.9 Å². The summed E-state index contributed by atoms with van der Waals surface area (Å²) < 4.78 is 16.7. The Morgan fingerprint density at radius 2 is 1.67 bits per heavy atom. The van der Waals surface area contributed by atoms with E-state index in [-0.39, 0.29) is 5.97 Å². The molecule has 0 aromatic heterocycles. The number of ether oxygens (including phenoxy) is 3. The Labute approximate surface area is 213 Å². The van der Waals surface area contributed by atoms with Crippen molar-refractivity contribution in [3.8, 4) is 11.5 Å². The maximum absolute atomic E-state index is 12.2. The van der Waals surface area contributed by atoms with E-state index in [2.05, 4.69) is 5.16 Å². The van der Waals surface area contributed by atoms with Gasteiger partial charge in [-0.25, -0.2) is 4.79 Å². The topological polar surface area (TPSA) is 66.4 Å². The first kappa shape index (κ1) is 26.5. The quantitative estimate of drug-likeness (QED) is 0.0989. The molecule has 0 aliphatic carbocycles. The van der Waals surface area contributed by atoms with E-state index in [0.29, 0.717) is 25.4 Å². The lowest BCUT2D eigenvalue weighted by Crippen LogP contribution is -2.08. The minimum absolute atomic E-state index is 0.326. The fraction of sp³-hybridized carbons (Fsp3) is 0.267. The number of nitrogens with zero attached hydrogens (tertiary/aromatic N) is 1. The Morgan fingerprint density at radius 1 is 0.917 bits per heavy atom. The molecule has 0 saturated heterocycles. The van der Waals surface area contributed by atoms with Crippen LogP contribution in [0, 0.1) is 13.8 Å². The van der Waals surface area contributed by atoms with Gasteiger partial charge in [0.1, 0.15) is 24.7 Å². The number of rotatable bonds is 12. The zero-order valence-electron chi connectivity index (χ0n) is 21.3. The lowest BCUT2D eigenvalue weighted by Gasteiger charge is -2.15. The van der Waals surface area contributed by atoms with Crippen molar-refractivity contribution in [1.82, 2.24) is 0 Å². The Hall–Kier alpha value is -4.06. The summed E-state index contributed by atoms with van der Waals surface area (Å²) >= 11 is 0. The van der Waals surface area contributed by atoms with Gasteiger partial charge in [0.05, 0.1) is 25.5 Å². The molecule has 0 fully saturated rings. The number of carbonyl (C=O) groups is 1. The fourth-order valence-electron chi connectivity index (χ4n) is 3.64. The Balaban J connectivity index is 1.55. The van der Waals surface area contributed by atoms with E-state index < -0.39 is 0 Å². The van der Waals surface area contributed by atoms with Crippen molar-refractivity contribution >= 4 is 17.8 Å². The van der Waals surface area contributed by atoms with Crippen molar-refractivity contribution in [1.29, 1.82) is 0 Å². The molecule has 0 saturated carbocycles. The molecule has 0 unspecified atom stereocenters. The molecule has 0 bridgehead atoms. The predicted molar refractivity (Wildman–Crippen MR) is 142 cm³/mol. The van der Waals surface area contributed by atoms with Crippen LogP contribution in [-0.4, -0.2) is 32.5 Å². The molecular weight excluding hydrogens is 454 g/mol. The van der Waals surface area contributed by atoms with Crippen molar-refractivity contribution < 1.29 is 23.8 Å². The van der Waals surface area contributed by atoms with Gasteiger partial charge >= 0.3 is 5.97 Å². The molecule has 0 atom stereocenters. The Morgan fingerprint density at radius 3 is 2.42 bits per heavy atom. The summed E-state index contributed by atoms with van der Waals surface area (Å²) in [5.74, 6) is 1.26. The number of benzene rings is 3. The second-order valence-corrected chi connectivity index (χ2v) is 8.20. The number of methoxy groups -OCH3 is 1. The standard InChI is InChI=1S/C30H33NO5/c1-5-27(30(32)33-4)28-15-10-9-12-24(28)21-35-29-19-22(2)25(18-23(29)3)20-31-36-17-11-16-34-26-13-7-6-8-14-26/h5-10,12-15,18-20H,11,16-17,21H2,1-4H3. The minimum atomic E-state index is -0.369. The van der Waals surface area contributed by atoms with Gasteiger partial charge in [-0.2, -0.15) is 0 Å². The van der Waals surface area contributed by atoms with E-state index in [0.717, 1.165) is 45.7 Å². The van der Waals surface area contributed by atoms with Gasteiger partial charge < -0.3 is 19.0 Å². The lowest BCUT2D eigenvalue weighted by molar-refractivity contribution is -0.133. The Bertz CT molecular complexity index is 1200. The van der Waals surface area contributed by atoms with Crippen molar-refractivity contribution in [3.05, 3.63) is 101 Å². The molecule has 0 aliphatic rings. The van der Waals surface area contributed by atoms with Gasteiger partial charge in [-0.1, -0.05) is 53.7 Å². The first-order valence-corrected chi connectivity index (χ1v) is 11.9. The van der Waals surface area contributed by atoms with Crippen LogP contribution in [0.2, 0.25) is 0 Å². The second-order valence-electron chi connectivity index (χ2n) is 8.20. The van der Waals surface area contributed by atoms with E-state index >= 15 is 0 Å². The Kier molecular flexibility index (Phi) is 10.1. The molecular formula is C30H33NO5. The third-order valence-electron chi connectivity index (χ3n) is 5.61. The molecule has 0 aliphatic heterocycles. The van der Waals surface area contributed by atoms with Gasteiger partial charge in [0.15, 0.2) is 0 Å². The van der Waals surface area contributed by atoms with Crippen LogP contribution in [0.4, 0.5) is 0 Å². The predicted octanol–water partition coefficient (Wildman–Crippen LogP) is 6.28. The number of aryl methyl sites for hydroxylation is 2. The summed E-state index contributed by atoms with van der Waals surface area (Å²) in [5.41, 5.74) is 5.19. The average Bonchev–Trinajstić information content (AvgIpc) is 2.90. The number of para-hydroxylation sites is 1. The van der Waals surface area contributed by atoms with Crippen molar-refractivity contribution in [3.63, 3.8) is 0 Å². The van der Waals surface area contributed by atoms with E-state index in [1.807, 2.05) is 87.5 Å². The average molecular weight is 488 g/mol. The fourth-order valence-corrected chi connectivity index (χ4v) is 3.64. The molecule has 0 amide bonds. The zero-order valence-corrected chi connectivity index (χ0v) is 21.3. The van der Waals surface area contributed by atoms with Gasteiger partial charge in [-0.15, -0.1) is 0 Å². The smallest absolute Gasteiger partial charge is 0.338 e. The third kappa shape index (κ3) is 7.47. The second kappa shape index (κ2) is 13.7. The van der Waals surface area contributed by atoms with Crippen LogP contribution in [0.5, 0.6) is 11.5 Å². The van der Waals surface area contributed by atoms with Crippen LogP contribution in [0.1, 0.15) is 41.2 Å². The molecule has 3 aromatic rings. The number of esters is 1. The number of hydrogen-bond acceptors (Lipinski definition) is 6. The van der Waals surface area contributed by atoms with Crippen LogP contribution in [0.25, 0.3) is 5.57 Å². The summed E-state index contributed by atoms with van der Waals surface area (Å²) in [7, 11) is 1.38. The molecule has 188 valence electrons. The van der Waals surface area contributed by atoms with Crippen LogP contribution in [0.3, 0.4) is 0 Å². The lowest BCUT2D eigenvalue weighted by atomic mass is 10.00. The van der Waals surface area contributed by atoms with Gasteiger partial charge in [0.25, 0.3) is 0 Å². The molecule has 0 N–H and O–H groups in total. The highest BCUT2D eigenvalue weighted by Crippen LogP contribution is 2.26. The van der Waals surface area contributed by atoms with Crippen molar-refractivity contribution in [2.24, 2.45) is 5.16 Å². The largest absolute Gasteiger partial charge is 0.493 e. The SMILES string of the molecule is CC=C(C(=O)OC)c1ccccc1COc1cc(C)c(C=NOCCCOc2ccccc2)cc1C.